The molecule has 4 N–H and O–H groups in total. The molecule has 23 heavy (non-hydrogen) atoms. The van der Waals surface area contributed by atoms with Gasteiger partial charge in [0, 0.05) is 0 Å². The predicted octanol–water partition coefficient (Wildman–Crippen LogP) is 2.93. The van der Waals surface area contributed by atoms with Gasteiger partial charge in [-0.2, -0.15) is 10.1 Å². The van der Waals surface area contributed by atoms with Gasteiger partial charge < -0.3 is 11.5 Å². The van der Waals surface area contributed by atoms with Crippen molar-refractivity contribution in [2.24, 2.45) is 21.5 Å². The van der Waals surface area contributed by atoms with Gasteiger partial charge in [0.2, 0.25) is 11.9 Å². The maximum Gasteiger partial charge on any atom is 0.226 e. The molecule has 1 aromatic rings. The second-order valence-electron chi connectivity index (χ2n) is 5.77. The SMILES string of the molecule is CC1(C)N=C(N)N=C(N)N1OCCCCc1ccc(Cl)c(Cl)c1. The Balaban J connectivity index is 1.77. The molecule has 8 heteroatoms. The lowest BCUT2D eigenvalue weighted by Gasteiger charge is -2.36. The van der Waals surface area contributed by atoms with Crippen molar-refractivity contribution in [2.75, 3.05) is 6.61 Å². The number of hydrogen-bond donors (Lipinski definition) is 2. The summed E-state index contributed by atoms with van der Waals surface area (Å²) in [6, 6.07) is 5.68. The summed E-state index contributed by atoms with van der Waals surface area (Å²) in [5.41, 5.74) is 11.9. The summed E-state index contributed by atoms with van der Waals surface area (Å²) in [7, 11) is 0. The predicted molar refractivity (Wildman–Crippen MR) is 94.5 cm³/mol. The molecule has 1 aliphatic heterocycles. The number of aryl methyl sites for hydroxylation is 1. The molecule has 0 amide bonds. The quantitative estimate of drug-likeness (QED) is 0.765. The van der Waals surface area contributed by atoms with Crippen LogP contribution in [0.15, 0.2) is 28.2 Å². The van der Waals surface area contributed by atoms with E-state index in [1.54, 1.807) is 0 Å². The van der Waals surface area contributed by atoms with Crippen molar-refractivity contribution >= 4 is 35.1 Å². The molecule has 126 valence electrons. The number of hydroxylamine groups is 2. The van der Waals surface area contributed by atoms with Crippen molar-refractivity contribution in [1.82, 2.24) is 5.06 Å². The van der Waals surface area contributed by atoms with Gasteiger partial charge in [-0.3, -0.25) is 4.84 Å². The van der Waals surface area contributed by atoms with Crippen LogP contribution in [0.4, 0.5) is 0 Å². The van der Waals surface area contributed by atoms with Crippen LogP contribution < -0.4 is 11.5 Å². The third-order valence-electron chi connectivity index (χ3n) is 3.39. The summed E-state index contributed by atoms with van der Waals surface area (Å²) in [6.07, 6.45) is 2.71. The number of nitrogens with zero attached hydrogens (tertiary/aromatic N) is 3. The Bertz CT molecular complexity index is 630. The van der Waals surface area contributed by atoms with E-state index in [4.69, 9.17) is 39.5 Å². The molecule has 1 heterocycles. The molecule has 0 radical (unpaired) electrons. The van der Waals surface area contributed by atoms with E-state index in [-0.39, 0.29) is 11.9 Å². The second kappa shape index (κ2) is 7.38. The van der Waals surface area contributed by atoms with Gasteiger partial charge in [-0.05, 0) is 50.8 Å². The van der Waals surface area contributed by atoms with E-state index < -0.39 is 5.66 Å². The summed E-state index contributed by atoms with van der Waals surface area (Å²) in [4.78, 5) is 13.8. The van der Waals surface area contributed by atoms with Crippen molar-refractivity contribution in [3.05, 3.63) is 33.8 Å². The van der Waals surface area contributed by atoms with Gasteiger partial charge >= 0.3 is 0 Å². The molecule has 0 aromatic heterocycles. The van der Waals surface area contributed by atoms with Gasteiger partial charge in [0.1, 0.15) is 0 Å². The van der Waals surface area contributed by atoms with E-state index in [0.717, 1.165) is 24.8 Å². The summed E-state index contributed by atoms with van der Waals surface area (Å²) >= 11 is 11.9. The highest BCUT2D eigenvalue weighted by Gasteiger charge is 2.32. The standard InChI is InChI=1S/C15H21Cl2N5O/c1-15(2)21-13(18)20-14(19)22(15)23-8-4-3-5-10-6-7-11(16)12(17)9-10/h6-7,9H,3-5,8H2,1-2H3,(H4,18,19,20,21). The Kier molecular flexibility index (Phi) is 5.73. The van der Waals surface area contributed by atoms with Gasteiger partial charge in [-0.15, -0.1) is 0 Å². The normalized spacial score (nSPS) is 17.0. The molecule has 1 aromatic carbocycles. The Hall–Kier alpha value is -1.50. The van der Waals surface area contributed by atoms with Gasteiger partial charge in [0.05, 0.1) is 16.7 Å². The molecule has 0 unspecified atom stereocenters. The molecule has 6 nitrogen and oxygen atoms in total. The summed E-state index contributed by atoms with van der Waals surface area (Å²) in [5.74, 6) is 0.374. The summed E-state index contributed by atoms with van der Waals surface area (Å²) in [5, 5.41) is 2.64. The fourth-order valence-corrected chi connectivity index (χ4v) is 2.62. The van der Waals surface area contributed by atoms with Crippen molar-refractivity contribution in [3.63, 3.8) is 0 Å². The zero-order valence-corrected chi connectivity index (χ0v) is 14.7. The van der Waals surface area contributed by atoms with Crippen LogP contribution in [0.2, 0.25) is 10.0 Å². The number of rotatable bonds is 6. The van der Waals surface area contributed by atoms with Gasteiger partial charge in [-0.25, -0.2) is 4.99 Å². The number of benzene rings is 1. The molecule has 0 bridgehead atoms. The Labute approximate surface area is 146 Å². The van der Waals surface area contributed by atoms with E-state index in [2.05, 4.69) is 9.98 Å². The van der Waals surface area contributed by atoms with Crippen LogP contribution in [-0.4, -0.2) is 29.3 Å². The highest BCUT2D eigenvalue weighted by molar-refractivity contribution is 6.42. The van der Waals surface area contributed by atoms with E-state index in [0.29, 0.717) is 16.7 Å². The average molecular weight is 358 g/mol. The Morgan fingerprint density at radius 2 is 1.91 bits per heavy atom. The summed E-state index contributed by atoms with van der Waals surface area (Å²) < 4.78 is 0. The molecule has 0 aliphatic carbocycles. The number of guanidine groups is 2. The first-order valence-corrected chi connectivity index (χ1v) is 8.12. The number of unbranched alkanes of at least 4 members (excludes halogenated alkanes) is 1. The van der Waals surface area contributed by atoms with Crippen LogP contribution in [0.1, 0.15) is 32.3 Å². The molecular formula is C15H21Cl2N5O. The van der Waals surface area contributed by atoms with Crippen LogP contribution in [0.25, 0.3) is 0 Å². The molecule has 1 aliphatic rings. The van der Waals surface area contributed by atoms with E-state index in [1.807, 2.05) is 32.0 Å². The van der Waals surface area contributed by atoms with E-state index in [9.17, 15) is 0 Å². The molecule has 0 fully saturated rings. The Morgan fingerprint density at radius 3 is 2.57 bits per heavy atom. The zero-order chi connectivity index (χ0) is 17.0. The molecule has 2 rings (SSSR count). The molecule has 0 saturated carbocycles. The first-order valence-electron chi connectivity index (χ1n) is 7.36. The highest BCUT2D eigenvalue weighted by atomic mass is 35.5. The largest absolute Gasteiger partial charge is 0.368 e. The third kappa shape index (κ3) is 4.73. The minimum absolute atomic E-state index is 0.159. The zero-order valence-electron chi connectivity index (χ0n) is 13.2. The second-order valence-corrected chi connectivity index (χ2v) is 6.58. The van der Waals surface area contributed by atoms with E-state index >= 15 is 0 Å². The number of nitrogens with two attached hydrogens (primary N) is 2. The van der Waals surface area contributed by atoms with Crippen molar-refractivity contribution in [3.8, 4) is 0 Å². The summed E-state index contributed by atoms with van der Waals surface area (Å²) in [6.45, 7) is 4.23. The highest BCUT2D eigenvalue weighted by Crippen LogP contribution is 2.23. The maximum atomic E-state index is 6.00. The minimum atomic E-state index is -0.667. The fraction of sp³-hybridized carbons (Fsp3) is 0.467. The van der Waals surface area contributed by atoms with E-state index in [1.165, 1.54) is 5.06 Å². The van der Waals surface area contributed by atoms with Crippen LogP contribution in [-0.2, 0) is 11.3 Å². The number of hydrogen-bond acceptors (Lipinski definition) is 6. The third-order valence-corrected chi connectivity index (χ3v) is 4.13. The van der Waals surface area contributed by atoms with Crippen LogP contribution in [0.5, 0.6) is 0 Å². The molecular weight excluding hydrogens is 337 g/mol. The van der Waals surface area contributed by atoms with Crippen molar-refractivity contribution in [1.29, 1.82) is 0 Å². The van der Waals surface area contributed by atoms with Gasteiger partial charge in [0.25, 0.3) is 0 Å². The lowest BCUT2D eigenvalue weighted by atomic mass is 10.1. The lowest BCUT2D eigenvalue weighted by Crippen LogP contribution is -2.53. The number of halogens is 2. The monoisotopic (exact) mass is 357 g/mol. The van der Waals surface area contributed by atoms with Crippen molar-refractivity contribution < 1.29 is 4.84 Å². The maximum absolute atomic E-state index is 6.00. The molecule has 0 spiro atoms. The Morgan fingerprint density at radius 1 is 1.17 bits per heavy atom. The van der Waals surface area contributed by atoms with Gasteiger partial charge in [-0.1, -0.05) is 29.3 Å². The minimum Gasteiger partial charge on any atom is -0.368 e. The van der Waals surface area contributed by atoms with Crippen LogP contribution >= 0.6 is 23.2 Å². The average Bonchev–Trinajstić information content (AvgIpc) is 2.44. The topological polar surface area (TPSA) is 89.2 Å². The fourth-order valence-electron chi connectivity index (χ4n) is 2.30. The smallest absolute Gasteiger partial charge is 0.226 e. The lowest BCUT2D eigenvalue weighted by molar-refractivity contribution is -0.157. The van der Waals surface area contributed by atoms with Crippen LogP contribution in [0, 0.1) is 0 Å². The number of aliphatic imine (C=N–C) groups is 2. The van der Waals surface area contributed by atoms with Crippen molar-refractivity contribution in [2.45, 2.75) is 38.8 Å². The first kappa shape index (κ1) is 17.8. The molecule has 0 saturated heterocycles. The molecule has 0 atom stereocenters. The van der Waals surface area contributed by atoms with Crippen LogP contribution in [0.3, 0.4) is 0 Å². The first-order chi connectivity index (χ1) is 10.8. The van der Waals surface area contributed by atoms with Gasteiger partial charge in [0.15, 0.2) is 5.66 Å².